The third-order valence-corrected chi connectivity index (χ3v) is 22.5. The third-order valence-electron chi connectivity index (χ3n) is 21.6. The van der Waals surface area contributed by atoms with Crippen molar-refractivity contribution in [3.8, 4) is 11.1 Å². The van der Waals surface area contributed by atoms with Gasteiger partial charge < -0.3 is 56.3 Å². The third kappa shape index (κ3) is 16.9. The molecule has 7 aliphatic rings. The number of nitrogens with two attached hydrogens (primary N) is 1. The van der Waals surface area contributed by atoms with Gasteiger partial charge in [-0.05, 0) is 143 Å². The number of benzene rings is 2. The summed E-state index contributed by atoms with van der Waals surface area (Å²) in [6, 6.07) is 18.3. The van der Waals surface area contributed by atoms with Crippen molar-refractivity contribution in [1.82, 2.24) is 55.7 Å². The van der Waals surface area contributed by atoms with E-state index in [1.807, 2.05) is 80.4 Å². The first-order chi connectivity index (χ1) is 48.3. The van der Waals surface area contributed by atoms with Gasteiger partial charge in [0.1, 0.15) is 18.4 Å². The maximum Gasteiger partial charge on any atom is 0.355 e. The van der Waals surface area contributed by atoms with E-state index >= 15 is 0 Å². The number of aromatic carboxylic acids is 1. The fourth-order valence-corrected chi connectivity index (χ4v) is 18.6. The van der Waals surface area contributed by atoms with E-state index in [9.17, 15) is 38.7 Å². The van der Waals surface area contributed by atoms with Crippen LogP contribution in [0.15, 0.2) is 79.0 Å². The fraction of sp³-hybridized carbons (Fsp3) is 0.541. The number of nitrogens with zero attached hydrogens (tertiary/aromatic N) is 10. The average Bonchev–Trinajstić information content (AvgIpc) is 1.27. The van der Waals surface area contributed by atoms with Crippen molar-refractivity contribution in [3.63, 3.8) is 0 Å². The monoisotopic (exact) mass is 1400 g/mol. The number of quaternary nitrogens is 1. The molecule has 3 aliphatic heterocycles. The number of primary amides is 1. The van der Waals surface area contributed by atoms with Crippen LogP contribution < -0.4 is 37.2 Å². The number of carbonyl (C=O) groups excluding carboxylic acids is 6. The van der Waals surface area contributed by atoms with Gasteiger partial charge in [0.2, 0.25) is 17.7 Å². The average molecular weight is 1400 g/mol. The van der Waals surface area contributed by atoms with Crippen LogP contribution in [0.1, 0.15) is 131 Å². The number of anilines is 5. The number of likely N-dealkylation sites (N-methyl/N-ethyl adjacent to an activating group) is 1. The zero-order valence-electron chi connectivity index (χ0n) is 59.2. The molecule has 7 heterocycles. The standard InChI is InChI=1S/C74H96N16O10S/c1-47(2)63(82-59(91)24-33-99-34-30-88-61(93)22-23-62(88)94)67(95)77-37-51(12-10-25-76-69(75)98)36-60(92)79-52-18-16-50(17-19-52)39-90(7)31-27-86(28-32-90)29-35-100-74-43-71(5)40-72(6,44-74)42-73(41-71,45-74)46-89-49(4)55(38-78-89)54-20-21-58(81-64(54)68(96)97)87-26-11-13-53-48(3)65(84-85-66(53)87)83-70-80-56-14-8-9-15-57(56)101-70/h8-9,14-23,38,47,51,63H,10-13,24-37,39-46H2,1-7H3,(H7-,75,76,77,79,80,82,83,84,91,92,95,96,97,98)/p+1/t51-,63-,71-,72+,73?,74?/m0/s1. The second-order valence-corrected chi connectivity index (χ2v) is 31.6. The van der Waals surface area contributed by atoms with Crippen molar-refractivity contribution < 1.29 is 52.6 Å². The predicted octanol–water partition coefficient (Wildman–Crippen LogP) is 8.57. The van der Waals surface area contributed by atoms with Crippen molar-refractivity contribution in [1.29, 1.82) is 0 Å². The van der Waals surface area contributed by atoms with E-state index in [-0.39, 0.29) is 84.4 Å². The highest BCUT2D eigenvalue weighted by molar-refractivity contribution is 7.22. The Balaban J connectivity index is 0.609. The molecule has 4 bridgehead atoms. The van der Waals surface area contributed by atoms with Crippen molar-refractivity contribution in [2.45, 2.75) is 143 Å². The van der Waals surface area contributed by atoms with E-state index < -0.39 is 41.7 Å². The van der Waals surface area contributed by atoms with Gasteiger partial charge >= 0.3 is 12.0 Å². The lowest BCUT2D eigenvalue weighted by atomic mass is 9.39. The molecule has 13 rings (SSSR count). The van der Waals surface area contributed by atoms with E-state index in [1.165, 1.54) is 24.1 Å². The molecule has 4 aliphatic carbocycles. The molecule has 5 fully saturated rings. The fourth-order valence-electron chi connectivity index (χ4n) is 17.7. The van der Waals surface area contributed by atoms with Crippen molar-refractivity contribution >= 4 is 91.4 Å². The molecule has 2 aromatic carbocycles. The van der Waals surface area contributed by atoms with Crippen LogP contribution in [0, 0.1) is 41.9 Å². The molecule has 2 unspecified atom stereocenters. The van der Waals surface area contributed by atoms with Crippen LogP contribution in [0.3, 0.4) is 0 Å². The quantitative estimate of drug-likeness (QED) is 0.0122. The number of amides is 7. The Morgan fingerprint density at radius 3 is 2.28 bits per heavy atom. The zero-order chi connectivity index (χ0) is 71.4. The number of thiazole rings is 1. The van der Waals surface area contributed by atoms with E-state index in [0.717, 1.165) is 138 Å². The summed E-state index contributed by atoms with van der Waals surface area (Å²) in [6.45, 7) is 20.9. The Morgan fingerprint density at radius 1 is 0.822 bits per heavy atom. The van der Waals surface area contributed by atoms with Gasteiger partial charge in [-0.1, -0.05) is 63.3 Å². The molecule has 1 saturated heterocycles. The number of urea groups is 1. The van der Waals surface area contributed by atoms with Gasteiger partial charge in [0, 0.05) is 110 Å². The number of hydrogen-bond donors (Lipinski definition) is 7. The second-order valence-electron chi connectivity index (χ2n) is 30.6. The van der Waals surface area contributed by atoms with E-state index in [2.05, 4.69) is 81.2 Å². The van der Waals surface area contributed by atoms with Crippen LogP contribution in [0.5, 0.6) is 0 Å². The SMILES string of the molecule is Cc1c(Nc2nc3ccccc3s2)nnc2c1CCCN2c1ccc(-c2cnn(CC34CC5(OCCN6CC[N+](C)(Cc7ccc(NC(=O)C[C@H](CCCNC(N)=O)CNC(=O)[C@@H](NC(=O)CCOCCN8C(=O)C=CC8=O)C(C)C)cc7)CC6)C[C@](C)(C3)C[C@](C)(C4)C5)c2C)c(C(=O)O)n1. The van der Waals surface area contributed by atoms with Crippen LogP contribution in [0.2, 0.25) is 0 Å². The first-order valence-electron chi connectivity index (χ1n) is 35.6. The number of aromatic nitrogens is 6. The molecular weight excluding hydrogens is 1300 g/mol. The highest BCUT2D eigenvalue weighted by Gasteiger charge is 2.66. The van der Waals surface area contributed by atoms with Crippen molar-refractivity contribution in [3.05, 3.63) is 107 Å². The lowest BCUT2D eigenvalue weighted by molar-refractivity contribution is -0.926. The Morgan fingerprint density at radius 2 is 1.56 bits per heavy atom. The minimum atomic E-state index is -1.11. The Hall–Kier alpha value is -8.76. The van der Waals surface area contributed by atoms with Gasteiger partial charge in [0.25, 0.3) is 11.8 Å². The maximum absolute atomic E-state index is 13.6. The Bertz CT molecular complexity index is 4060. The van der Waals surface area contributed by atoms with Gasteiger partial charge in [0.05, 0.1) is 68.5 Å². The summed E-state index contributed by atoms with van der Waals surface area (Å²) in [6.07, 6.45) is 13.4. The van der Waals surface area contributed by atoms with Crippen LogP contribution in [0.4, 0.5) is 33.1 Å². The number of fused-ring (bicyclic) bond motifs is 2. The van der Waals surface area contributed by atoms with Gasteiger partial charge in [0.15, 0.2) is 22.5 Å². The van der Waals surface area contributed by atoms with Crippen LogP contribution >= 0.6 is 11.3 Å². The molecule has 26 nitrogen and oxygen atoms in total. The zero-order valence-corrected chi connectivity index (χ0v) is 60.0. The van der Waals surface area contributed by atoms with Crippen molar-refractivity contribution in [2.75, 3.05) is 101 Å². The summed E-state index contributed by atoms with van der Waals surface area (Å²) in [4.78, 5) is 103. The Kier molecular flexibility index (Phi) is 21.4. The first-order valence-corrected chi connectivity index (χ1v) is 36.4. The smallest absolute Gasteiger partial charge is 0.355 e. The largest absolute Gasteiger partial charge is 0.476 e. The summed E-state index contributed by atoms with van der Waals surface area (Å²) in [7, 11) is 2.31. The van der Waals surface area contributed by atoms with Gasteiger partial charge in [-0.3, -0.25) is 38.5 Å². The summed E-state index contributed by atoms with van der Waals surface area (Å²) in [5, 5.41) is 40.6. The number of ether oxygens (including phenoxy) is 2. The summed E-state index contributed by atoms with van der Waals surface area (Å²) in [5.74, 6) is -1.65. The number of piperazine rings is 1. The number of imide groups is 1. The molecule has 538 valence electrons. The minimum Gasteiger partial charge on any atom is -0.476 e. The van der Waals surface area contributed by atoms with E-state index in [0.29, 0.717) is 61.2 Å². The molecule has 101 heavy (non-hydrogen) atoms. The van der Waals surface area contributed by atoms with E-state index in [1.54, 1.807) is 11.3 Å². The highest BCUT2D eigenvalue weighted by atomic mass is 32.1. The molecule has 6 atom stereocenters. The van der Waals surface area contributed by atoms with Crippen LogP contribution in [-0.2, 0) is 53.0 Å². The van der Waals surface area contributed by atoms with Gasteiger partial charge in [-0.25, -0.2) is 19.6 Å². The number of rotatable bonds is 31. The molecule has 8 N–H and O–H groups in total. The predicted molar refractivity (Wildman–Crippen MR) is 384 cm³/mol. The number of carbonyl (C=O) groups is 7. The molecule has 6 aromatic rings. The molecule has 4 aromatic heterocycles. The number of pyridine rings is 1. The van der Waals surface area contributed by atoms with Crippen molar-refractivity contribution in [2.24, 2.45) is 33.8 Å². The number of hydrogen-bond acceptors (Lipinski definition) is 18. The van der Waals surface area contributed by atoms with E-state index in [4.69, 9.17) is 35.4 Å². The van der Waals surface area contributed by atoms with Crippen LogP contribution in [-0.4, -0.2) is 188 Å². The van der Waals surface area contributed by atoms with Gasteiger partial charge in [-0.15, -0.1) is 10.2 Å². The summed E-state index contributed by atoms with van der Waals surface area (Å²) in [5.41, 5.74) is 12.2. The highest BCUT2D eigenvalue weighted by Crippen LogP contribution is 2.72. The molecule has 7 amide bonds. The normalized spacial score (nSPS) is 22.7. The molecule has 4 saturated carbocycles. The molecule has 27 heteroatoms. The minimum absolute atomic E-state index is 0.0288. The lowest BCUT2D eigenvalue weighted by Crippen LogP contribution is -2.64. The van der Waals surface area contributed by atoms with Crippen LogP contribution in [0.25, 0.3) is 21.3 Å². The molecular formula is C74H97N16O10S+. The summed E-state index contributed by atoms with van der Waals surface area (Å²) >= 11 is 1.56. The molecule has 0 radical (unpaired) electrons. The first kappa shape index (κ1) is 72.0. The number of carboxylic acids is 1. The van der Waals surface area contributed by atoms with Gasteiger partial charge in [-0.2, -0.15) is 5.10 Å². The number of nitrogens with one attached hydrogen (secondary N) is 5. The lowest BCUT2D eigenvalue weighted by Gasteiger charge is -2.69. The maximum atomic E-state index is 13.6. The number of para-hydroxylation sites is 1. The number of carboxylic acid groups (broad SMARTS) is 1. The summed E-state index contributed by atoms with van der Waals surface area (Å²) < 4.78 is 16.8. The Labute approximate surface area is 593 Å². The molecule has 0 spiro atoms. The second kappa shape index (κ2) is 30.1. The topological polar surface area (TPSA) is 323 Å².